The molecule has 1 rings (SSSR count). The van der Waals surface area contributed by atoms with Crippen molar-refractivity contribution in [3.05, 3.63) is 41.9 Å². The van der Waals surface area contributed by atoms with Crippen molar-refractivity contribution in [2.75, 3.05) is 0 Å². The zero-order chi connectivity index (χ0) is 14.0. The Morgan fingerprint density at radius 1 is 1.00 bits per heavy atom. The molecule has 1 aromatic carbocycles. The third-order valence-electron chi connectivity index (χ3n) is 1.94. The first kappa shape index (κ1) is 14.5. The van der Waals surface area contributed by atoms with Crippen LogP contribution in [0.15, 0.2) is 36.3 Å². The van der Waals surface area contributed by atoms with Crippen LogP contribution in [-0.4, -0.2) is 11.8 Å². The van der Waals surface area contributed by atoms with E-state index in [-0.39, 0.29) is 5.56 Å². The first-order valence-corrected chi connectivity index (χ1v) is 5.32. The summed E-state index contributed by atoms with van der Waals surface area (Å²) < 4.78 is 56.9. The van der Waals surface area contributed by atoms with Gasteiger partial charge in [-0.05, 0) is 26.3 Å². The maximum atomic E-state index is 13.7. The molecule has 1 nitrogen and oxygen atoms in total. The molecule has 18 heavy (non-hydrogen) atoms. The Kier molecular flexibility index (Phi) is 4.04. The summed E-state index contributed by atoms with van der Waals surface area (Å²) in [7, 11) is 0. The molecule has 0 aliphatic rings. The maximum absolute atomic E-state index is 13.7. The summed E-state index contributed by atoms with van der Waals surface area (Å²) in [5, 5.41) is 0. The Morgan fingerprint density at radius 3 is 1.89 bits per heavy atom. The van der Waals surface area contributed by atoms with Gasteiger partial charge in [-0.1, -0.05) is 30.3 Å². The molecule has 0 heterocycles. The number of benzene rings is 1. The second kappa shape index (κ2) is 5.00. The van der Waals surface area contributed by atoms with Gasteiger partial charge in [-0.25, -0.2) is 0 Å². The SMILES string of the molecule is CC(C)(C)O/C(F)=C(/c1ccccc1)C(F)(F)F. The summed E-state index contributed by atoms with van der Waals surface area (Å²) in [4.78, 5) is 0. The lowest BCUT2D eigenvalue weighted by molar-refractivity contribution is -0.0767. The summed E-state index contributed by atoms with van der Waals surface area (Å²) in [6.07, 6.45) is -4.81. The van der Waals surface area contributed by atoms with Crippen LogP contribution in [-0.2, 0) is 4.74 Å². The lowest BCUT2D eigenvalue weighted by Crippen LogP contribution is -2.21. The van der Waals surface area contributed by atoms with Gasteiger partial charge in [0.05, 0.1) is 0 Å². The van der Waals surface area contributed by atoms with E-state index in [1.54, 1.807) is 6.07 Å². The van der Waals surface area contributed by atoms with E-state index < -0.39 is 23.4 Å². The molecule has 1 aromatic rings. The highest BCUT2D eigenvalue weighted by molar-refractivity contribution is 5.70. The standard InChI is InChI=1S/C13H14F4O/c1-12(2,3)18-11(14)10(13(15,16)17)9-7-5-4-6-8-9/h4-8H,1-3H3/b11-10-. The van der Waals surface area contributed by atoms with Crippen molar-refractivity contribution in [2.24, 2.45) is 0 Å². The number of ether oxygens (including phenoxy) is 1. The predicted octanol–water partition coefficient (Wildman–Crippen LogP) is 4.70. The third-order valence-corrected chi connectivity index (χ3v) is 1.94. The number of hydrogen-bond donors (Lipinski definition) is 0. The highest BCUT2D eigenvalue weighted by Crippen LogP contribution is 2.38. The molecular formula is C13H14F4O. The summed E-state index contributed by atoms with van der Waals surface area (Å²) in [6, 6.07) is 5.14. The molecule has 0 N–H and O–H groups in total. The smallest absolute Gasteiger partial charge is 0.422 e. The fraction of sp³-hybridized carbons (Fsp3) is 0.385. The van der Waals surface area contributed by atoms with Gasteiger partial charge in [0.2, 0.25) is 0 Å². The van der Waals surface area contributed by atoms with Crippen LogP contribution in [0, 0.1) is 0 Å². The van der Waals surface area contributed by atoms with Crippen LogP contribution in [0.25, 0.3) is 5.57 Å². The van der Waals surface area contributed by atoms with E-state index in [0.717, 1.165) is 0 Å². The third kappa shape index (κ3) is 4.05. The molecule has 5 heteroatoms. The van der Waals surface area contributed by atoms with Crippen LogP contribution >= 0.6 is 0 Å². The van der Waals surface area contributed by atoms with Crippen molar-refractivity contribution < 1.29 is 22.3 Å². The molecule has 0 aliphatic carbocycles. The van der Waals surface area contributed by atoms with Gasteiger partial charge in [0.1, 0.15) is 11.2 Å². The minimum atomic E-state index is -4.81. The Labute approximate surface area is 103 Å². The molecule has 0 aliphatic heterocycles. The lowest BCUT2D eigenvalue weighted by Gasteiger charge is -2.22. The highest BCUT2D eigenvalue weighted by atomic mass is 19.4. The zero-order valence-electron chi connectivity index (χ0n) is 10.3. The van der Waals surface area contributed by atoms with Gasteiger partial charge in [0, 0.05) is 0 Å². The van der Waals surface area contributed by atoms with Crippen molar-refractivity contribution in [1.29, 1.82) is 0 Å². The topological polar surface area (TPSA) is 9.23 Å². The van der Waals surface area contributed by atoms with Gasteiger partial charge in [-0.2, -0.15) is 17.6 Å². The van der Waals surface area contributed by atoms with Crippen LogP contribution < -0.4 is 0 Å². The highest BCUT2D eigenvalue weighted by Gasteiger charge is 2.40. The lowest BCUT2D eigenvalue weighted by atomic mass is 10.1. The summed E-state index contributed by atoms with van der Waals surface area (Å²) >= 11 is 0. The molecule has 0 fully saturated rings. The van der Waals surface area contributed by atoms with Gasteiger partial charge in [-0.15, -0.1) is 0 Å². The largest absolute Gasteiger partial charge is 0.465 e. The fourth-order valence-corrected chi connectivity index (χ4v) is 1.31. The van der Waals surface area contributed by atoms with Crippen molar-refractivity contribution >= 4 is 5.57 Å². The molecule has 0 saturated heterocycles. The van der Waals surface area contributed by atoms with Gasteiger partial charge in [-0.3, -0.25) is 0 Å². The Hall–Kier alpha value is -1.52. The second-order valence-electron chi connectivity index (χ2n) is 4.73. The molecule has 0 unspecified atom stereocenters. The van der Waals surface area contributed by atoms with Crippen LogP contribution in [0.1, 0.15) is 26.3 Å². The van der Waals surface area contributed by atoms with Crippen LogP contribution in [0.2, 0.25) is 0 Å². The predicted molar refractivity (Wildman–Crippen MR) is 61.4 cm³/mol. The van der Waals surface area contributed by atoms with E-state index in [1.165, 1.54) is 45.0 Å². The van der Waals surface area contributed by atoms with E-state index in [4.69, 9.17) is 0 Å². The molecule has 0 radical (unpaired) electrons. The Balaban J connectivity index is 3.27. The average molecular weight is 262 g/mol. The van der Waals surface area contributed by atoms with Crippen molar-refractivity contribution in [1.82, 2.24) is 0 Å². The monoisotopic (exact) mass is 262 g/mol. The van der Waals surface area contributed by atoms with Crippen LogP contribution in [0.5, 0.6) is 0 Å². The minimum absolute atomic E-state index is 0.258. The summed E-state index contributed by atoms with van der Waals surface area (Å²) in [5.41, 5.74) is -2.68. The first-order valence-electron chi connectivity index (χ1n) is 5.32. The number of alkyl halides is 3. The first-order chi connectivity index (χ1) is 8.11. The number of rotatable bonds is 2. The zero-order valence-corrected chi connectivity index (χ0v) is 10.3. The van der Waals surface area contributed by atoms with Gasteiger partial charge in [0.15, 0.2) is 0 Å². The minimum Gasteiger partial charge on any atom is -0.465 e. The molecule has 0 atom stereocenters. The van der Waals surface area contributed by atoms with Crippen molar-refractivity contribution in [3.8, 4) is 0 Å². The molecule has 0 saturated carbocycles. The normalized spacial score (nSPS) is 14.2. The fourth-order valence-electron chi connectivity index (χ4n) is 1.31. The van der Waals surface area contributed by atoms with E-state index in [0.29, 0.717) is 0 Å². The van der Waals surface area contributed by atoms with E-state index in [1.807, 2.05) is 0 Å². The number of halogens is 4. The molecular weight excluding hydrogens is 248 g/mol. The van der Waals surface area contributed by atoms with E-state index in [2.05, 4.69) is 4.74 Å². The van der Waals surface area contributed by atoms with Crippen molar-refractivity contribution in [2.45, 2.75) is 32.5 Å². The van der Waals surface area contributed by atoms with Crippen LogP contribution in [0.4, 0.5) is 17.6 Å². The van der Waals surface area contributed by atoms with Gasteiger partial charge >= 0.3 is 6.18 Å². The number of allylic oxidation sites excluding steroid dienone is 1. The van der Waals surface area contributed by atoms with Gasteiger partial charge < -0.3 is 4.74 Å². The summed E-state index contributed by atoms with van der Waals surface area (Å²) in [6.45, 7) is 4.43. The molecule has 0 amide bonds. The molecule has 0 bridgehead atoms. The Morgan fingerprint density at radius 2 is 1.50 bits per heavy atom. The Bertz CT molecular complexity index is 427. The number of hydrogen-bond acceptors (Lipinski definition) is 1. The van der Waals surface area contributed by atoms with Crippen molar-refractivity contribution in [3.63, 3.8) is 0 Å². The quantitative estimate of drug-likeness (QED) is 0.554. The van der Waals surface area contributed by atoms with E-state index >= 15 is 0 Å². The summed E-state index contributed by atoms with van der Waals surface area (Å²) in [5.74, 6) is 0. The molecule has 100 valence electrons. The van der Waals surface area contributed by atoms with Crippen LogP contribution in [0.3, 0.4) is 0 Å². The van der Waals surface area contributed by atoms with E-state index in [9.17, 15) is 17.6 Å². The molecule has 0 spiro atoms. The maximum Gasteiger partial charge on any atom is 0.422 e. The second-order valence-corrected chi connectivity index (χ2v) is 4.73. The average Bonchev–Trinajstić information content (AvgIpc) is 2.13. The van der Waals surface area contributed by atoms with Gasteiger partial charge in [0.25, 0.3) is 6.01 Å². The molecule has 0 aromatic heterocycles.